The molecular weight excluding hydrogens is 244 g/mol. The number of Topliss-reactive ketones (excluding diaryl/α,β-unsaturated/α-hetero) is 1. The summed E-state index contributed by atoms with van der Waals surface area (Å²) in [4.78, 5) is 24.9. The molecule has 0 aliphatic heterocycles. The number of urea groups is 1. The fourth-order valence-corrected chi connectivity index (χ4v) is 1.62. The van der Waals surface area contributed by atoms with Crippen LogP contribution in [0.2, 0.25) is 0 Å². The van der Waals surface area contributed by atoms with E-state index in [9.17, 15) is 9.59 Å². The molecule has 2 amide bonds. The Morgan fingerprint density at radius 1 is 1.37 bits per heavy atom. The molecule has 0 aliphatic rings. The van der Waals surface area contributed by atoms with E-state index < -0.39 is 0 Å². The first-order valence-corrected chi connectivity index (χ1v) is 6.24. The number of ether oxygens (including phenoxy) is 1. The zero-order valence-electron chi connectivity index (χ0n) is 11.6. The SMILES string of the molecule is CCN(CCOC)C(=O)Nc1cccc(C(C)=O)c1. The number of hydrogen-bond acceptors (Lipinski definition) is 3. The average molecular weight is 264 g/mol. The Bertz CT molecular complexity index is 446. The zero-order valence-corrected chi connectivity index (χ0v) is 11.6. The van der Waals surface area contributed by atoms with Gasteiger partial charge in [0, 0.05) is 31.5 Å². The summed E-state index contributed by atoms with van der Waals surface area (Å²) in [5.74, 6) is -0.0252. The molecule has 0 fully saturated rings. The normalized spacial score (nSPS) is 10.1. The highest BCUT2D eigenvalue weighted by atomic mass is 16.5. The number of benzene rings is 1. The topological polar surface area (TPSA) is 58.6 Å². The Balaban J connectivity index is 2.69. The van der Waals surface area contributed by atoms with E-state index in [4.69, 9.17) is 4.74 Å². The highest BCUT2D eigenvalue weighted by molar-refractivity contribution is 5.96. The summed E-state index contributed by atoms with van der Waals surface area (Å²) in [6.07, 6.45) is 0. The maximum absolute atomic E-state index is 12.0. The van der Waals surface area contributed by atoms with Crippen LogP contribution in [-0.4, -0.2) is 43.5 Å². The molecule has 0 atom stereocenters. The van der Waals surface area contributed by atoms with Gasteiger partial charge < -0.3 is 15.0 Å². The van der Waals surface area contributed by atoms with Crippen LogP contribution in [0.3, 0.4) is 0 Å². The lowest BCUT2D eigenvalue weighted by Crippen LogP contribution is -2.37. The number of nitrogens with one attached hydrogen (secondary N) is 1. The van der Waals surface area contributed by atoms with Crippen LogP contribution in [0.4, 0.5) is 10.5 Å². The predicted octanol–water partition coefficient (Wildman–Crippen LogP) is 2.39. The van der Waals surface area contributed by atoms with Gasteiger partial charge in [-0.2, -0.15) is 0 Å². The van der Waals surface area contributed by atoms with Gasteiger partial charge in [-0.15, -0.1) is 0 Å². The van der Waals surface area contributed by atoms with Crippen molar-refractivity contribution in [1.29, 1.82) is 0 Å². The fraction of sp³-hybridized carbons (Fsp3) is 0.429. The smallest absolute Gasteiger partial charge is 0.321 e. The quantitative estimate of drug-likeness (QED) is 0.803. The van der Waals surface area contributed by atoms with Gasteiger partial charge in [0.05, 0.1) is 6.61 Å². The first kappa shape index (κ1) is 15.2. The monoisotopic (exact) mass is 264 g/mol. The van der Waals surface area contributed by atoms with Gasteiger partial charge in [0.2, 0.25) is 0 Å². The van der Waals surface area contributed by atoms with Gasteiger partial charge in [-0.1, -0.05) is 12.1 Å². The lowest BCUT2D eigenvalue weighted by atomic mass is 10.1. The van der Waals surface area contributed by atoms with Crippen LogP contribution in [0.5, 0.6) is 0 Å². The molecule has 1 aromatic rings. The standard InChI is InChI=1S/C14H20N2O3/c1-4-16(8-9-19-3)14(18)15-13-7-5-6-12(10-13)11(2)17/h5-7,10H,4,8-9H2,1-3H3,(H,15,18). The third-order valence-corrected chi connectivity index (χ3v) is 2.75. The lowest BCUT2D eigenvalue weighted by Gasteiger charge is -2.21. The van der Waals surface area contributed by atoms with E-state index in [1.165, 1.54) is 6.92 Å². The van der Waals surface area contributed by atoms with Gasteiger partial charge in [-0.05, 0) is 26.0 Å². The number of anilines is 1. The molecule has 0 bridgehead atoms. The van der Waals surface area contributed by atoms with Gasteiger partial charge in [-0.3, -0.25) is 4.79 Å². The molecule has 0 aliphatic carbocycles. The van der Waals surface area contributed by atoms with E-state index in [0.717, 1.165) is 0 Å². The molecular formula is C14H20N2O3. The van der Waals surface area contributed by atoms with Crippen molar-refractivity contribution >= 4 is 17.5 Å². The number of amides is 2. The molecule has 104 valence electrons. The number of rotatable bonds is 6. The highest BCUT2D eigenvalue weighted by Gasteiger charge is 2.11. The second kappa shape index (κ2) is 7.53. The van der Waals surface area contributed by atoms with E-state index >= 15 is 0 Å². The molecule has 0 saturated carbocycles. The van der Waals surface area contributed by atoms with Crippen LogP contribution in [0, 0.1) is 0 Å². The molecule has 0 radical (unpaired) electrons. The second-order valence-corrected chi connectivity index (χ2v) is 4.14. The predicted molar refractivity (Wildman–Crippen MR) is 74.6 cm³/mol. The summed E-state index contributed by atoms with van der Waals surface area (Å²) in [5.41, 5.74) is 1.20. The molecule has 1 N–H and O–H groups in total. The Morgan fingerprint density at radius 2 is 2.11 bits per heavy atom. The van der Waals surface area contributed by atoms with Gasteiger partial charge in [-0.25, -0.2) is 4.79 Å². The van der Waals surface area contributed by atoms with E-state index in [0.29, 0.717) is 30.9 Å². The van der Waals surface area contributed by atoms with Crippen molar-refractivity contribution in [3.63, 3.8) is 0 Å². The molecule has 0 saturated heterocycles. The summed E-state index contributed by atoms with van der Waals surface area (Å²) >= 11 is 0. The Kier molecular flexibility index (Phi) is 6.02. The summed E-state index contributed by atoms with van der Waals surface area (Å²) in [7, 11) is 1.60. The van der Waals surface area contributed by atoms with Crippen LogP contribution in [0.25, 0.3) is 0 Å². The minimum absolute atomic E-state index is 0.0252. The number of nitrogens with zero attached hydrogens (tertiary/aromatic N) is 1. The minimum atomic E-state index is -0.194. The molecule has 0 aromatic heterocycles. The summed E-state index contributed by atoms with van der Waals surface area (Å²) in [6, 6.07) is 6.71. The molecule has 0 spiro atoms. The largest absolute Gasteiger partial charge is 0.383 e. The summed E-state index contributed by atoms with van der Waals surface area (Å²) in [5, 5.41) is 2.78. The van der Waals surface area contributed by atoms with E-state index in [1.807, 2.05) is 6.92 Å². The lowest BCUT2D eigenvalue weighted by molar-refractivity contribution is 0.101. The molecule has 19 heavy (non-hydrogen) atoms. The number of carbonyl (C=O) groups is 2. The maximum atomic E-state index is 12.0. The first-order chi connectivity index (χ1) is 9.08. The molecule has 1 aromatic carbocycles. The number of ketones is 1. The molecule has 1 rings (SSSR count). The number of likely N-dealkylation sites (N-methyl/N-ethyl adjacent to an activating group) is 1. The number of carbonyl (C=O) groups excluding carboxylic acids is 2. The van der Waals surface area contributed by atoms with Crippen LogP contribution in [0.15, 0.2) is 24.3 Å². The Hall–Kier alpha value is -1.88. The van der Waals surface area contributed by atoms with Crippen molar-refractivity contribution in [2.24, 2.45) is 0 Å². The third kappa shape index (κ3) is 4.71. The third-order valence-electron chi connectivity index (χ3n) is 2.75. The number of hydrogen-bond donors (Lipinski definition) is 1. The van der Waals surface area contributed by atoms with Gasteiger partial charge >= 0.3 is 6.03 Å². The zero-order chi connectivity index (χ0) is 14.3. The highest BCUT2D eigenvalue weighted by Crippen LogP contribution is 2.12. The molecule has 5 heteroatoms. The van der Waals surface area contributed by atoms with E-state index in [-0.39, 0.29) is 11.8 Å². The summed E-state index contributed by atoms with van der Waals surface area (Å²) < 4.78 is 4.96. The van der Waals surface area contributed by atoms with Crippen LogP contribution >= 0.6 is 0 Å². The molecule has 0 unspecified atom stereocenters. The summed E-state index contributed by atoms with van der Waals surface area (Å²) in [6.45, 7) is 5.03. The second-order valence-electron chi connectivity index (χ2n) is 4.14. The van der Waals surface area contributed by atoms with Crippen LogP contribution in [0.1, 0.15) is 24.2 Å². The van der Waals surface area contributed by atoms with Crippen LogP contribution in [-0.2, 0) is 4.74 Å². The van der Waals surface area contributed by atoms with E-state index in [2.05, 4.69) is 5.32 Å². The minimum Gasteiger partial charge on any atom is -0.383 e. The van der Waals surface area contributed by atoms with Crippen molar-refractivity contribution in [3.05, 3.63) is 29.8 Å². The Labute approximate surface area is 113 Å². The molecule has 0 heterocycles. The van der Waals surface area contributed by atoms with Crippen molar-refractivity contribution in [1.82, 2.24) is 4.90 Å². The first-order valence-electron chi connectivity index (χ1n) is 6.24. The van der Waals surface area contributed by atoms with Gasteiger partial charge in [0.1, 0.15) is 0 Å². The van der Waals surface area contributed by atoms with Crippen molar-refractivity contribution < 1.29 is 14.3 Å². The average Bonchev–Trinajstić information content (AvgIpc) is 2.40. The number of methoxy groups -OCH3 is 1. The Morgan fingerprint density at radius 3 is 2.68 bits per heavy atom. The molecule has 5 nitrogen and oxygen atoms in total. The van der Waals surface area contributed by atoms with Crippen molar-refractivity contribution in [2.75, 3.05) is 32.1 Å². The van der Waals surface area contributed by atoms with Gasteiger partial charge in [0.25, 0.3) is 0 Å². The maximum Gasteiger partial charge on any atom is 0.321 e. The fourth-order valence-electron chi connectivity index (χ4n) is 1.62. The van der Waals surface area contributed by atoms with E-state index in [1.54, 1.807) is 36.3 Å². The van der Waals surface area contributed by atoms with Crippen molar-refractivity contribution in [3.8, 4) is 0 Å². The van der Waals surface area contributed by atoms with Crippen LogP contribution < -0.4 is 5.32 Å². The van der Waals surface area contributed by atoms with Crippen molar-refractivity contribution in [2.45, 2.75) is 13.8 Å². The van der Waals surface area contributed by atoms with Gasteiger partial charge in [0.15, 0.2) is 5.78 Å².